The molecule has 0 bridgehead atoms. The summed E-state index contributed by atoms with van der Waals surface area (Å²) in [6.45, 7) is 4.31. The number of allylic oxidation sites excluding steroid dienone is 5. The molecule has 104 valence electrons. The zero-order valence-electron chi connectivity index (χ0n) is 11.9. The van der Waals surface area contributed by atoms with E-state index in [-0.39, 0.29) is 21.1 Å². The van der Waals surface area contributed by atoms with Crippen LogP contribution in [0.25, 0.3) is 5.76 Å². The first-order valence-corrected chi connectivity index (χ1v) is 9.18. The molecule has 0 spiro atoms. The highest BCUT2D eigenvalue weighted by Gasteiger charge is 2.17. The largest absolute Gasteiger partial charge is 0.435 e. The molecule has 3 rings (SSSR count). The van der Waals surface area contributed by atoms with Crippen molar-refractivity contribution in [2.45, 2.75) is 33.1 Å². The van der Waals surface area contributed by atoms with Gasteiger partial charge in [0.25, 0.3) is 0 Å². The number of rotatable bonds is 0. The molecule has 0 unspecified atom stereocenters. The summed E-state index contributed by atoms with van der Waals surface area (Å²) in [4.78, 5) is 0. The number of benzene rings is 1. The minimum Gasteiger partial charge on any atom is -0.435 e. The lowest BCUT2D eigenvalue weighted by molar-refractivity contribution is 0.666. The third kappa shape index (κ3) is 2.95. The Morgan fingerprint density at radius 3 is 2.90 bits per heavy atom. The number of fused-ring (bicyclic) bond motifs is 2. The van der Waals surface area contributed by atoms with Gasteiger partial charge in [0.1, 0.15) is 26.9 Å². The third-order valence-electron chi connectivity index (χ3n) is 3.74. The average Bonchev–Trinajstić information content (AvgIpc) is 2.54. The molecule has 0 saturated heterocycles. The van der Waals surface area contributed by atoms with Crippen LogP contribution >= 0.6 is 21.1 Å². The monoisotopic (exact) mass is 378 g/mol. The second-order valence-electron chi connectivity index (χ2n) is 5.40. The Bertz CT molecular complexity index is 647. The molecular weight excluding hydrogens is 359 g/mol. The summed E-state index contributed by atoms with van der Waals surface area (Å²) in [5, 5.41) is 0. The van der Waals surface area contributed by atoms with Crippen molar-refractivity contribution in [1.29, 1.82) is 0 Å². The zero-order valence-corrected chi connectivity index (χ0v) is 14.1. The maximum absolute atomic E-state index is 6.20. The van der Waals surface area contributed by atoms with E-state index in [4.69, 9.17) is 3.07 Å². The molecule has 1 aliphatic heterocycles. The third-order valence-corrected chi connectivity index (χ3v) is 5.08. The maximum Gasteiger partial charge on any atom is 0.143 e. The van der Waals surface area contributed by atoms with Crippen molar-refractivity contribution in [2.24, 2.45) is 0 Å². The van der Waals surface area contributed by atoms with Crippen LogP contribution < -0.4 is 0 Å². The summed E-state index contributed by atoms with van der Waals surface area (Å²) in [6.07, 6.45) is 10.1. The normalized spacial score (nSPS) is 22.6. The number of aryl methyl sites for hydroxylation is 2. The van der Waals surface area contributed by atoms with Crippen LogP contribution in [-0.4, -0.2) is 4.01 Å². The van der Waals surface area contributed by atoms with Crippen molar-refractivity contribution in [1.82, 2.24) is 0 Å². The molecule has 20 heavy (non-hydrogen) atoms. The molecule has 0 N–H and O–H groups in total. The highest BCUT2D eigenvalue weighted by Crippen LogP contribution is 2.35. The first-order valence-electron chi connectivity index (χ1n) is 7.05. The number of hydrogen-bond donors (Lipinski definition) is 0. The first kappa shape index (κ1) is 13.8. The van der Waals surface area contributed by atoms with E-state index in [2.05, 4.69) is 54.3 Å². The molecule has 1 heterocycles. The summed E-state index contributed by atoms with van der Waals surface area (Å²) in [7, 11) is 0. The molecule has 1 aliphatic carbocycles. The fourth-order valence-electron chi connectivity index (χ4n) is 2.64. The summed E-state index contributed by atoms with van der Waals surface area (Å²) >= 11 is -0.367. The van der Waals surface area contributed by atoms with Crippen molar-refractivity contribution in [3.8, 4) is 0 Å². The van der Waals surface area contributed by atoms with Crippen LogP contribution in [0.5, 0.6) is 0 Å². The van der Waals surface area contributed by atoms with Gasteiger partial charge < -0.3 is 3.07 Å². The van der Waals surface area contributed by atoms with E-state index in [1.165, 1.54) is 34.3 Å². The van der Waals surface area contributed by atoms with Gasteiger partial charge in [-0.3, -0.25) is 0 Å². The van der Waals surface area contributed by atoms with Crippen LogP contribution in [-0.2, 0) is 9.49 Å². The fraction of sp³-hybridized carbons (Fsp3) is 0.278. The second-order valence-corrected chi connectivity index (χ2v) is 7.07. The van der Waals surface area contributed by atoms with Crippen LogP contribution in [0.4, 0.5) is 0 Å². The van der Waals surface area contributed by atoms with E-state index in [0.29, 0.717) is 0 Å². The number of halogens is 1. The Labute approximate surface area is 131 Å². The zero-order chi connectivity index (χ0) is 13.9. The molecule has 0 saturated carbocycles. The van der Waals surface area contributed by atoms with Gasteiger partial charge in [-0.1, -0.05) is 47.6 Å². The Morgan fingerprint density at radius 1 is 1.10 bits per heavy atom. The van der Waals surface area contributed by atoms with Gasteiger partial charge in [0.15, 0.2) is 0 Å². The lowest BCUT2D eigenvalue weighted by atomic mass is 10.0. The van der Waals surface area contributed by atoms with Crippen LogP contribution in [0, 0.1) is 6.92 Å². The second kappa shape index (κ2) is 6.08. The minimum atomic E-state index is -0.367. The molecule has 0 fully saturated rings. The lowest BCUT2D eigenvalue weighted by Gasteiger charge is -2.12. The topological polar surface area (TPSA) is 9.23 Å². The van der Waals surface area contributed by atoms with Crippen LogP contribution in [0.2, 0.25) is 0 Å². The van der Waals surface area contributed by atoms with Gasteiger partial charge in [0.2, 0.25) is 0 Å². The standard InChI is InChI=1S/C18H19IO/c1-13-6-8-15-4-3-5-16-12-14(2)7-9-17(16)18(15)20-19-11-10-13/h6-12H,3-5H2,1-2H3/b8-6+,13-10-. The quantitative estimate of drug-likeness (QED) is 0.560. The molecule has 0 amide bonds. The van der Waals surface area contributed by atoms with Gasteiger partial charge in [-0.05, 0) is 44.2 Å². The average molecular weight is 378 g/mol. The molecular formula is C18H19IO. The summed E-state index contributed by atoms with van der Waals surface area (Å²) < 4.78 is 8.40. The maximum atomic E-state index is 6.20. The first-order chi connectivity index (χ1) is 9.74. The van der Waals surface area contributed by atoms with Gasteiger partial charge in [-0.2, -0.15) is 0 Å². The SMILES string of the molecule is CC1=C/C=IOC2=C(\C=C\1)CCCc1cc(C)ccc12. The Morgan fingerprint density at radius 2 is 2.00 bits per heavy atom. The van der Waals surface area contributed by atoms with E-state index in [0.717, 1.165) is 18.6 Å². The van der Waals surface area contributed by atoms with Crippen LogP contribution in [0.1, 0.15) is 36.5 Å². The van der Waals surface area contributed by atoms with E-state index >= 15 is 0 Å². The van der Waals surface area contributed by atoms with Crippen molar-refractivity contribution in [3.05, 3.63) is 64.3 Å². The molecule has 0 aromatic heterocycles. The Hall–Kier alpha value is -1.16. The molecule has 1 nitrogen and oxygen atoms in total. The Kier molecular flexibility index (Phi) is 4.20. The predicted octanol–water partition coefficient (Wildman–Crippen LogP) is 5.26. The molecule has 2 heteroatoms. The molecule has 0 radical (unpaired) electrons. The fourth-order valence-corrected chi connectivity index (χ4v) is 4.27. The molecule has 1 aromatic carbocycles. The van der Waals surface area contributed by atoms with Gasteiger partial charge in [-0.15, -0.1) is 0 Å². The van der Waals surface area contributed by atoms with Gasteiger partial charge >= 0.3 is 0 Å². The van der Waals surface area contributed by atoms with Crippen molar-refractivity contribution in [3.63, 3.8) is 0 Å². The van der Waals surface area contributed by atoms with Gasteiger partial charge in [0.05, 0.1) is 0 Å². The summed E-state index contributed by atoms with van der Waals surface area (Å²) in [6, 6.07) is 6.75. The highest BCUT2D eigenvalue weighted by molar-refractivity contribution is 14.2. The van der Waals surface area contributed by atoms with Crippen LogP contribution in [0.3, 0.4) is 0 Å². The molecule has 0 atom stereocenters. The van der Waals surface area contributed by atoms with Crippen LogP contribution in [0.15, 0.2) is 47.6 Å². The minimum absolute atomic E-state index is 0.367. The number of hydrogen-bond acceptors (Lipinski definition) is 1. The van der Waals surface area contributed by atoms with Crippen molar-refractivity contribution >= 4 is 30.9 Å². The van der Waals surface area contributed by atoms with E-state index in [1.807, 2.05) is 0 Å². The highest BCUT2D eigenvalue weighted by atomic mass is 127. The van der Waals surface area contributed by atoms with Gasteiger partial charge in [-0.25, -0.2) is 0 Å². The molecule has 2 aliphatic rings. The lowest BCUT2D eigenvalue weighted by Crippen LogP contribution is -1.93. The predicted molar refractivity (Wildman–Crippen MR) is 95.1 cm³/mol. The summed E-state index contributed by atoms with van der Waals surface area (Å²) in [5.41, 5.74) is 6.74. The molecule has 1 aromatic rings. The van der Waals surface area contributed by atoms with E-state index < -0.39 is 0 Å². The van der Waals surface area contributed by atoms with Crippen molar-refractivity contribution < 1.29 is 3.07 Å². The Balaban J connectivity index is 2.13. The van der Waals surface area contributed by atoms with E-state index in [1.54, 1.807) is 0 Å². The van der Waals surface area contributed by atoms with E-state index in [9.17, 15) is 0 Å². The summed E-state index contributed by atoms with van der Waals surface area (Å²) in [5.74, 6) is 1.13. The van der Waals surface area contributed by atoms with Gasteiger partial charge in [0, 0.05) is 9.58 Å². The smallest absolute Gasteiger partial charge is 0.143 e. The van der Waals surface area contributed by atoms with Crippen molar-refractivity contribution in [2.75, 3.05) is 0 Å².